The number of piperidine rings is 1. The Labute approximate surface area is 161 Å². The highest BCUT2D eigenvalue weighted by molar-refractivity contribution is 6.03. The Hall–Kier alpha value is -2.34. The van der Waals surface area contributed by atoms with Crippen LogP contribution >= 0.6 is 0 Å². The van der Waals surface area contributed by atoms with Crippen LogP contribution in [-0.2, 0) is 9.53 Å². The van der Waals surface area contributed by atoms with Gasteiger partial charge in [0.05, 0.1) is 0 Å². The topological polar surface area (TPSA) is 79.5 Å². The Morgan fingerprint density at radius 1 is 1.15 bits per heavy atom. The first-order chi connectivity index (χ1) is 12.4. The van der Waals surface area contributed by atoms with E-state index in [4.69, 9.17) is 4.74 Å². The summed E-state index contributed by atoms with van der Waals surface area (Å²) in [6.45, 7) is 15.6. The molecule has 0 spiro atoms. The Morgan fingerprint density at radius 3 is 2.30 bits per heavy atom. The van der Waals surface area contributed by atoms with Crippen molar-refractivity contribution >= 4 is 23.4 Å². The zero-order valence-electron chi connectivity index (χ0n) is 17.2. The van der Waals surface area contributed by atoms with Crippen molar-refractivity contribution in [1.82, 2.24) is 5.32 Å². The van der Waals surface area contributed by atoms with Crippen LogP contribution in [0.3, 0.4) is 0 Å². The zero-order chi connectivity index (χ0) is 20.4. The quantitative estimate of drug-likeness (QED) is 0.685. The van der Waals surface area contributed by atoms with Crippen molar-refractivity contribution in [1.29, 1.82) is 0 Å². The fourth-order valence-electron chi connectivity index (χ4n) is 3.67. The van der Waals surface area contributed by atoms with E-state index in [1.807, 2.05) is 13.0 Å². The number of carbonyl (C=O) groups excluding carboxylic acids is 2. The third-order valence-electron chi connectivity index (χ3n) is 4.55. The van der Waals surface area contributed by atoms with Gasteiger partial charge in [0, 0.05) is 40.9 Å². The second-order valence-electron chi connectivity index (χ2n) is 8.72. The lowest BCUT2D eigenvalue weighted by Gasteiger charge is -2.45. The van der Waals surface area contributed by atoms with Gasteiger partial charge in [-0.25, -0.2) is 4.79 Å². The molecule has 2 rings (SSSR count). The van der Waals surface area contributed by atoms with Crippen molar-refractivity contribution in [3.63, 3.8) is 0 Å². The number of ether oxygens (including phenoxy) is 1. The molecule has 6 nitrogen and oxygen atoms in total. The molecule has 27 heavy (non-hydrogen) atoms. The smallest absolute Gasteiger partial charge is 0.411 e. The van der Waals surface area contributed by atoms with Gasteiger partial charge in [-0.05, 0) is 59.2 Å². The van der Waals surface area contributed by atoms with Crippen LogP contribution < -0.4 is 16.0 Å². The number of rotatable bonds is 4. The van der Waals surface area contributed by atoms with Gasteiger partial charge in [-0.15, -0.1) is 0 Å². The highest BCUT2D eigenvalue weighted by atomic mass is 16.6. The molecule has 0 bridgehead atoms. The zero-order valence-corrected chi connectivity index (χ0v) is 17.2. The van der Waals surface area contributed by atoms with Crippen molar-refractivity contribution in [2.45, 2.75) is 71.6 Å². The first kappa shape index (κ1) is 21.0. The van der Waals surface area contributed by atoms with E-state index in [9.17, 15) is 9.59 Å². The standard InChI is InChI=1S/C21H31N3O3/c1-13(2)18(25)22-15-9-8-14(3)17(10-15)23-19(26)27-16-11-20(4,5)24-21(6,7)12-16/h8-10,16,24H,1,11-12H2,2-7H3,(H,22,25)(H,23,26). The minimum absolute atomic E-state index is 0.102. The van der Waals surface area contributed by atoms with Gasteiger partial charge in [-0.2, -0.15) is 0 Å². The summed E-state index contributed by atoms with van der Waals surface area (Å²) in [5.74, 6) is -0.258. The molecule has 1 heterocycles. The Bertz CT molecular complexity index is 737. The lowest BCUT2D eigenvalue weighted by molar-refractivity contribution is -0.112. The van der Waals surface area contributed by atoms with Gasteiger partial charge in [0.2, 0.25) is 0 Å². The first-order valence-electron chi connectivity index (χ1n) is 9.21. The number of hydrogen-bond donors (Lipinski definition) is 3. The second-order valence-corrected chi connectivity index (χ2v) is 8.72. The van der Waals surface area contributed by atoms with Crippen LogP contribution in [0.25, 0.3) is 0 Å². The van der Waals surface area contributed by atoms with Crippen LogP contribution in [0.15, 0.2) is 30.4 Å². The molecular weight excluding hydrogens is 342 g/mol. The average Bonchev–Trinajstić information content (AvgIpc) is 2.47. The third-order valence-corrected chi connectivity index (χ3v) is 4.55. The van der Waals surface area contributed by atoms with Crippen molar-refractivity contribution < 1.29 is 14.3 Å². The highest BCUT2D eigenvalue weighted by Crippen LogP contribution is 2.30. The summed E-state index contributed by atoms with van der Waals surface area (Å²) < 4.78 is 5.69. The van der Waals surface area contributed by atoms with Crippen LogP contribution in [0.1, 0.15) is 53.0 Å². The van der Waals surface area contributed by atoms with Crippen LogP contribution in [0.4, 0.5) is 16.2 Å². The molecule has 0 aliphatic carbocycles. The van der Waals surface area contributed by atoms with Gasteiger partial charge in [0.15, 0.2) is 0 Å². The Kier molecular flexibility index (Phi) is 6.00. The summed E-state index contributed by atoms with van der Waals surface area (Å²) in [4.78, 5) is 24.2. The van der Waals surface area contributed by atoms with E-state index >= 15 is 0 Å². The van der Waals surface area contributed by atoms with Crippen molar-refractivity contribution in [2.24, 2.45) is 0 Å². The molecule has 1 fully saturated rings. The van der Waals surface area contributed by atoms with Crippen molar-refractivity contribution in [3.05, 3.63) is 35.9 Å². The molecule has 148 valence electrons. The summed E-state index contributed by atoms with van der Waals surface area (Å²) in [6.07, 6.45) is 0.845. The predicted molar refractivity (Wildman–Crippen MR) is 109 cm³/mol. The van der Waals surface area contributed by atoms with Gasteiger partial charge in [0.25, 0.3) is 5.91 Å². The number of benzene rings is 1. The molecule has 1 aliphatic heterocycles. The van der Waals surface area contributed by atoms with Gasteiger partial charge in [-0.3, -0.25) is 10.1 Å². The molecular formula is C21H31N3O3. The van der Waals surface area contributed by atoms with Crippen LogP contribution in [0.5, 0.6) is 0 Å². The van der Waals surface area contributed by atoms with E-state index < -0.39 is 6.09 Å². The minimum atomic E-state index is -0.486. The summed E-state index contributed by atoms with van der Waals surface area (Å²) in [7, 11) is 0. The number of hydrogen-bond acceptors (Lipinski definition) is 4. The van der Waals surface area contributed by atoms with Gasteiger partial charge >= 0.3 is 6.09 Å². The maximum Gasteiger partial charge on any atom is 0.411 e. The van der Waals surface area contributed by atoms with Crippen LogP contribution in [-0.4, -0.2) is 29.2 Å². The number of carbonyl (C=O) groups is 2. The van der Waals surface area contributed by atoms with E-state index in [-0.39, 0.29) is 23.1 Å². The fourth-order valence-corrected chi connectivity index (χ4v) is 3.67. The molecule has 1 saturated heterocycles. The van der Waals surface area contributed by atoms with Gasteiger partial charge in [0.1, 0.15) is 6.10 Å². The molecule has 0 unspecified atom stereocenters. The molecule has 0 atom stereocenters. The molecule has 0 radical (unpaired) electrons. The highest BCUT2D eigenvalue weighted by Gasteiger charge is 2.39. The molecule has 1 aromatic rings. The van der Waals surface area contributed by atoms with Crippen molar-refractivity contribution in [3.8, 4) is 0 Å². The van der Waals surface area contributed by atoms with Crippen LogP contribution in [0.2, 0.25) is 0 Å². The molecule has 6 heteroatoms. The lowest BCUT2D eigenvalue weighted by atomic mass is 9.81. The average molecular weight is 373 g/mol. The summed E-state index contributed by atoms with van der Waals surface area (Å²) >= 11 is 0. The molecule has 0 aromatic heterocycles. The lowest BCUT2D eigenvalue weighted by Crippen LogP contribution is -2.59. The van der Waals surface area contributed by atoms with E-state index in [1.54, 1.807) is 19.1 Å². The van der Waals surface area contributed by atoms with E-state index in [1.165, 1.54) is 0 Å². The van der Waals surface area contributed by atoms with E-state index in [0.29, 0.717) is 16.9 Å². The second kappa shape index (κ2) is 7.72. The molecule has 1 aromatic carbocycles. The third kappa shape index (κ3) is 6.10. The number of aryl methyl sites for hydroxylation is 1. The van der Waals surface area contributed by atoms with Crippen molar-refractivity contribution in [2.75, 3.05) is 10.6 Å². The minimum Gasteiger partial charge on any atom is -0.446 e. The number of anilines is 2. The molecule has 1 aliphatic rings. The normalized spacial score (nSPS) is 18.4. The molecule has 0 saturated carbocycles. The Balaban J connectivity index is 2.05. The maximum absolute atomic E-state index is 12.4. The van der Waals surface area contributed by atoms with Gasteiger partial charge < -0.3 is 15.4 Å². The number of nitrogens with one attached hydrogen (secondary N) is 3. The fraction of sp³-hybridized carbons (Fsp3) is 0.524. The molecule has 2 amide bonds. The maximum atomic E-state index is 12.4. The first-order valence-corrected chi connectivity index (χ1v) is 9.21. The summed E-state index contributed by atoms with van der Waals surface area (Å²) in [5, 5.41) is 9.12. The van der Waals surface area contributed by atoms with E-state index in [0.717, 1.165) is 18.4 Å². The Morgan fingerprint density at radius 2 is 1.74 bits per heavy atom. The summed E-state index contributed by atoms with van der Waals surface area (Å²) in [5.41, 5.74) is 2.29. The summed E-state index contributed by atoms with van der Waals surface area (Å²) in [6, 6.07) is 5.33. The molecule has 3 N–H and O–H groups in total. The monoisotopic (exact) mass is 373 g/mol. The van der Waals surface area contributed by atoms with E-state index in [2.05, 4.69) is 50.2 Å². The predicted octanol–water partition coefficient (Wildman–Crippen LogP) is 4.37. The number of amides is 2. The largest absolute Gasteiger partial charge is 0.446 e. The van der Waals surface area contributed by atoms with Gasteiger partial charge in [-0.1, -0.05) is 12.6 Å². The SMILES string of the molecule is C=C(C)C(=O)Nc1ccc(C)c(NC(=O)OC2CC(C)(C)NC(C)(C)C2)c1. The van der Waals surface area contributed by atoms with Crippen LogP contribution in [0, 0.1) is 6.92 Å².